The van der Waals surface area contributed by atoms with E-state index in [1.165, 1.54) is 0 Å². The number of halogens is 2. The van der Waals surface area contributed by atoms with Crippen LogP contribution in [0.4, 0.5) is 11.4 Å². The Morgan fingerprint density at radius 3 is 2.43 bits per heavy atom. The number of ether oxygens (including phenoxy) is 2. The lowest BCUT2D eigenvalue weighted by atomic mass is 10.2. The third-order valence-corrected chi connectivity index (χ3v) is 4.32. The van der Waals surface area contributed by atoms with E-state index >= 15 is 0 Å². The number of anilines is 2. The summed E-state index contributed by atoms with van der Waals surface area (Å²) in [5.41, 5.74) is 6.89. The van der Waals surface area contributed by atoms with Gasteiger partial charge in [0.15, 0.2) is 17.6 Å². The molecule has 0 heterocycles. The van der Waals surface area contributed by atoms with Crippen LogP contribution in [-0.2, 0) is 4.79 Å². The predicted octanol–water partition coefficient (Wildman–Crippen LogP) is 5.77. The van der Waals surface area contributed by atoms with E-state index in [0.717, 1.165) is 0 Å². The third kappa shape index (κ3) is 5.09. The van der Waals surface area contributed by atoms with Crippen molar-refractivity contribution in [3.05, 3.63) is 76.8 Å². The molecule has 5 nitrogen and oxygen atoms in total. The first-order chi connectivity index (χ1) is 13.4. The maximum absolute atomic E-state index is 12.4. The van der Waals surface area contributed by atoms with Gasteiger partial charge in [0, 0.05) is 16.4 Å². The number of carbonyl (C=O) groups excluding carboxylic acids is 1. The Bertz CT molecular complexity index is 995. The van der Waals surface area contributed by atoms with Gasteiger partial charge in [0.25, 0.3) is 5.91 Å². The van der Waals surface area contributed by atoms with E-state index in [0.29, 0.717) is 38.7 Å². The van der Waals surface area contributed by atoms with Crippen molar-refractivity contribution in [2.75, 3.05) is 11.1 Å². The van der Waals surface area contributed by atoms with Crippen molar-refractivity contribution in [1.29, 1.82) is 0 Å². The molecule has 144 valence electrons. The summed E-state index contributed by atoms with van der Waals surface area (Å²) in [6.45, 7) is 1.65. The minimum atomic E-state index is -0.771. The van der Waals surface area contributed by atoms with Gasteiger partial charge in [-0.1, -0.05) is 41.4 Å². The minimum absolute atomic E-state index is 0.315. The molecular formula is C21H18Cl2N2O3. The van der Waals surface area contributed by atoms with Crippen molar-refractivity contribution in [3.8, 4) is 17.2 Å². The van der Waals surface area contributed by atoms with Crippen LogP contribution in [0.3, 0.4) is 0 Å². The van der Waals surface area contributed by atoms with Gasteiger partial charge >= 0.3 is 0 Å². The van der Waals surface area contributed by atoms with Crippen molar-refractivity contribution in [1.82, 2.24) is 0 Å². The summed E-state index contributed by atoms with van der Waals surface area (Å²) >= 11 is 12.1. The van der Waals surface area contributed by atoms with Gasteiger partial charge in [0.05, 0.1) is 5.02 Å². The zero-order valence-electron chi connectivity index (χ0n) is 15.0. The molecule has 7 heteroatoms. The highest BCUT2D eigenvalue weighted by Crippen LogP contribution is 2.36. The van der Waals surface area contributed by atoms with E-state index < -0.39 is 6.10 Å². The molecule has 0 radical (unpaired) electrons. The summed E-state index contributed by atoms with van der Waals surface area (Å²) in [7, 11) is 0. The SMILES string of the molecule is CC(Oc1ccccc1Oc1ccc(Cl)cc1Cl)C(=O)Nc1cccc(N)c1. The number of hydrogen-bond donors (Lipinski definition) is 2. The summed E-state index contributed by atoms with van der Waals surface area (Å²) in [5.74, 6) is 0.947. The second-order valence-electron chi connectivity index (χ2n) is 6.00. The molecular weight excluding hydrogens is 399 g/mol. The van der Waals surface area contributed by atoms with Gasteiger partial charge in [-0.25, -0.2) is 0 Å². The molecule has 3 N–H and O–H groups in total. The van der Waals surface area contributed by atoms with E-state index in [9.17, 15) is 4.79 Å². The van der Waals surface area contributed by atoms with E-state index in [2.05, 4.69) is 5.32 Å². The number of para-hydroxylation sites is 2. The Hall–Kier alpha value is -2.89. The molecule has 28 heavy (non-hydrogen) atoms. The van der Waals surface area contributed by atoms with Crippen LogP contribution < -0.4 is 20.5 Å². The number of nitrogen functional groups attached to an aromatic ring is 1. The van der Waals surface area contributed by atoms with Gasteiger partial charge in [-0.05, 0) is 55.5 Å². The average Bonchev–Trinajstić information content (AvgIpc) is 2.65. The molecule has 0 saturated carbocycles. The quantitative estimate of drug-likeness (QED) is 0.499. The van der Waals surface area contributed by atoms with Crippen LogP contribution >= 0.6 is 23.2 Å². The molecule has 3 rings (SSSR count). The highest BCUT2D eigenvalue weighted by molar-refractivity contribution is 6.35. The Kier molecular flexibility index (Phi) is 6.29. The largest absolute Gasteiger partial charge is 0.477 e. The van der Waals surface area contributed by atoms with Crippen molar-refractivity contribution in [2.45, 2.75) is 13.0 Å². The Balaban J connectivity index is 1.72. The highest BCUT2D eigenvalue weighted by Gasteiger charge is 2.18. The van der Waals surface area contributed by atoms with E-state index in [1.807, 2.05) is 0 Å². The van der Waals surface area contributed by atoms with Gasteiger partial charge in [0.2, 0.25) is 0 Å². The molecule has 0 fully saturated rings. The number of amides is 1. The molecule has 1 atom stereocenters. The number of nitrogens with two attached hydrogens (primary N) is 1. The first-order valence-electron chi connectivity index (χ1n) is 8.47. The van der Waals surface area contributed by atoms with Gasteiger partial charge in [-0.3, -0.25) is 4.79 Å². The second-order valence-corrected chi connectivity index (χ2v) is 6.84. The number of rotatable bonds is 6. The van der Waals surface area contributed by atoms with Crippen LogP contribution in [0.15, 0.2) is 66.7 Å². The fraction of sp³-hybridized carbons (Fsp3) is 0.0952. The van der Waals surface area contributed by atoms with Gasteiger partial charge in [-0.2, -0.15) is 0 Å². The third-order valence-electron chi connectivity index (χ3n) is 3.79. The summed E-state index contributed by atoms with van der Waals surface area (Å²) in [4.78, 5) is 12.4. The number of nitrogens with one attached hydrogen (secondary N) is 1. The van der Waals surface area contributed by atoms with Crippen LogP contribution in [0.5, 0.6) is 17.2 Å². The zero-order valence-corrected chi connectivity index (χ0v) is 16.5. The first-order valence-corrected chi connectivity index (χ1v) is 9.23. The van der Waals surface area contributed by atoms with Crippen molar-refractivity contribution in [2.24, 2.45) is 0 Å². The molecule has 0 bridgehead atoms. The maximum atomic E-state index is 12.4. The smallest absolute Gasteiger partial charge is 0.265 e. The van der Waals surface area contributed by atoms with Crippen LogP contribution in [0.25, 0.3) is 0 Å². The fourth-order valence-corrected chi connectivity index (χ4v) is 2.86. The molecule has 3 aromatic carbocycles. The average molecular weight is 417 g/mol. The highest BCUT2D eigenvalue weighted by atomic mass is 35.5. The predicted molar refractivity (Wildman–Crippen MR) is 113 cm³/mol. The standard InChI is InChI=1S/C21H18Cl2N2O3/c1-13(21(26)25-16-6-4-5-15(24)12-16)27-19-7-2-3-8-20(19)28-18-10-9-14(22)11-17(18)23/h2-13H,24H2,1H3,(H,25,26). The van der Waals surface area contributed by atoms with Crippen LogP contribution in [-0.4, -0.2) is 12.0 Å². The summed E-state index contributed by atoms with van der Waals surface area (Å²) in [6, 6.07) is 18.9. The normalized spacial score (nSPS) is 11.5. The van der Waals surface area contributed by atoms with Crippen LogP contribution in [0.1, 0.15) is 6.92 Å². The molecule has 0 aromatic heterocycles. The van der Waals surface area contributed by atoms with Gasteiger partial charge in [-0.15, -0.1) is 0 Å². The molecule has 0 saturated heterocycles. The molecule has 0 aliphatic rings. The van der Waals surface area contributed by atoms with Crippen molar-refractivity contribution >= 4 is 40.5 Å². The van der Waals surface area contributed by atoms with E-state index in [4.69, 9.17) is 38.4 Å². The summed E-state index contributed by atoms with van der Waals surface area (Å²) in [6.07, 6.45) is -0.771. The van der Waals surface area contributed by atoms with Crippen molar-refractivity contribution in [3.63, 3.8) is 0 Å². The number of hydrogen-bond acceptors (Lipinski definition) is 4. The molecule has 3 aromatic rings. The minimum Gasteiger partial charge on any atom is -0.477 e. The Labute approximate surface area is 173 Å². The zero-order chi connectivity index (χ0) is 20.1. The second kappa shape index (κ2) is 8.87. The van der Waals surface area contributed by atoms with Gasteiger partial charge < -0.3 is 20.5 Å². The summed E-state index contributed by atoms with van der Waals surface area (Å²) in [5, 5.41) is 3.64. The molecule has 0 spiro atoms. The topological polar surface area (TPSA) is 73.6 Å². The first kappa shape index (κ1) is 19.9. The fourth-order valence-electron chi connectivity index (χ4n) is 2.41. The lowest BCUT2D eigenvalue weighted by Crippen LogP contribution is -2.30. The van der Waals surface area contributed by atoms with Gasteiger partial charge in [0.1, 0.15) is 5.75 Å². The van der Waals surface area contributed by atoms with Crippen LogP contribution in [0.2, 0.25) is 10.0 Å². The number of benzene rings is 3. The maximum Gasteiger partial charge on any atom is 0.265 e. The summed E-state index contributed by atoms with van der Waals surface area (Å²) < 4.78 is 11.7. The lowest BCUT2D eigenvalue weighted by Gasteiger charge is -2.18. The molecule has 1 amide bonds. The Morgan fingerprint density at radius 1 is 0.964 bits per heavy atom. The Morgan fingerprint density at radius 2 is 1.71 bits per heavy atom. The lowest BCUT2D eigenvalue weighted by molar-refractivity contribution is -0.122. The molecule has 0 aliphatic carbocycles. The van der Waals surface area contributed by atoms with E-state index in [1.54, 1.807) is 73.7 Å². The number of carbonyl (C=O) groups is 1. The molecule has 0 aliphatic heterocycles. The molecule has 1 unspecified atom stereocenters. The van der Waals surface area contributed by atoms with E-state index in [-0.39, 0.29) is 5.91 Å². The van der Waals surface area contributed by atoms with Crippen LogP contribution in [0, 0.1) is 0 Å². The monoisotopic (exact) mass is 416 g/mol. The van der Waals surface area contributed by atoms with Crippen molar-refractivity contribution < 1.29 is 14.3 Å².